The van der Waals surface area contributed by atoms with Gasteiger partial charge in [-0.2, -0.15) is 0 Å². The van der Waals surface area contributed by atoms with Crippen molar-refractivity contribution in [1.82, 2.24) is 4.57 Å². The summed E-state index contributed by atoms with van der Waals surface area (Å²) in [6.07, 6.45) is 0. The molecule has 0 aliphatic carbocycles. The van der Waals surface area contributed by atoms with Crippen LogP contribution >= 0.6 is 11.6 Å². The van der Waals surface area contributed by atoms with Crippen molar-refractivity contribution in [2.24, 2.45) is 0 Å². The monoisotopic (exact) mass is 375 g/mol. The first kappa shape index (κ1) is 18.1. The standard InChI is InChI=1S/C20H16ClF2NO2/c1-13-7-18(26-12-15-5-6-16(22)9-19(15)23)10-20(25)24(13)17-4-2-3-14(8-17)11-21/h2-10H,11-12H2,1H3. The van der Waals surface area contributed by atoms with Gasteiger partial charge in [-0.3, -0.25) is 9.36 Å². The second-order valence-electron chi connectivity index (χ2n) is 5.83. The normalized spacial score (nSPS) is 10.8. The van der Waals surface area contributed by atoms with Crippen LogP contribution in [0.5, 0.6) is 5.75 Å². The van der Waals surface area contributed by atoms with E-state index in [0.717, 1.165) is 17.7 Å². The van der Waals surface area contributed by atoms with Gasteiger partial charge in [-0.15, -0.1) is 11.6 Å². The second kappa shape index (κ2) is 7.70. The van der Waals surface area contributed by atoms with E-state index in [1.807, 2.05) is 24.3 Å². The summed E-state index contributed by atoms with van der Waals surface area (Å²) in [6, 6.07) is 13.7. The largest absolute Gasteiger partial charge is 0.489 e. The fourth-order valence-electron chi connectivity index (χ4n) is 2.66. The van der Waals surface area contributed by atoms with Crippen molar-refractivity contribution in [1.29, 1.82) is 0 Å². The van der Waals surface area contributed by atoms with E-state index >= 15 is 0 Å². The fourth-order valence-corrected chi connectivity index (χ4v) is 2.83. The molecule has 1 heterocycles. The molecule has 0 radical (unpaired) electrons. The maximum Gasteiger partial charge on any atom is 0.258 e. The lowest BCUT2D eigenvalue weighted by atomic mass is 10.2. The highest BCUT2D eigenvalue weighted by atomic mass is 35.5. The third-order valence-electron chi connectivity index (χ3n) is 3.92. The molecule has 2 aromatic carbocycles. The van der Waals surface area contributed by atoms with Gasteiger partial charge >= 0.3 is 0 Å². The van der Waals surface area contributed by atoms with Gasteiger partial charge in [-0.05, 0) is 36.8 Å². The van der Waals surface area contributed by atoms with Gasteiger partial charge in [-0.25, -0.2) is 8.78 Å². The quantitative estimate of drug-likeness (QED) is 0.603. The zero-order chi connectivity index (χ0) is 18.7. The van der Waals surface area contributed by atoms with Crippen molar-refractivity contribution in [3.63, 3.8) is 0 Å². The Morgan fingerprint density at radius 1 is 1.08 bits per heavy atom. The number of pyridine rings is 1. The summed E-state index contributed by atoms with van der Waals surface area (Å²) in [5, 5.41) is 0. The predicted octanol–water partition coefficient (Wildman–Crippen LogP) is 4.74. The van der Waals surface area contributed by atoms with Crippen molar-refractivity contribution >= 4 is 11.6 Å². The molecule has 3 rings (SSSR count). The van der Waals surface area contributed by atoms with Crippen LogP contribution in [0.3, 0.4) is 0 Å². The van der Waals surface area contributed by atoms with Crippen LogP contribution in [0.25, 0.3) is 5.69 Å². The van der Waals surface area contributed by atoms with Crippen molar-refractivity contribution in [2.75, 3.05) is 0 Å². The average Bonchev–Trinajstić information content (AvgIpc) is 2.60. The number of nitrogens with zero attached hydrogens (tertiary/aromatic N) is 1. The Morgan fingerprint density at radius 2 is 1.88 bits per heavy atom. The summed E-state index contributed by atoms with van der Waals surface area (Å²) in [5.74, 6) is -0.663. The fraction of sp³-hybridized carbons (Fsp3) is 0.150. The van der Waals surface area contributed by atoms with Crippen LogP contribution in [0.15, 0.2) is 59.4 Å². The Kier molecular flexibility index (Phi) is 5.38. The molecule has 0 bridgehead atoms. The first-order chi connectivity index (χ1) is 12.5. The predicted molar refractivity (Wildman–Crippen MR) is 97.0 cm³/mol. The third-order valence-corrected chi connectivity index (χ3v) is 4.23. The highest BCUT2D eigenvalue weighted by molar-refractivity contribution is 6.17. The van der Waals surface area contributed by atoms with Crippen molar-refractivity contribution in [3.8, 4) is 11.4 Å². The highest BCUT2D eigenvalue weighted by Crippen LogP contribution is 2.18. The van der Waals surface area contributed by atoms with E-state index in [1.54, 1.807) is 17.6 Å². The third kappa shape index (κ3) is 3.94. The van der Waals surface area contributed by atoms with Crippen LogP contribution in [0.2, 0.25) is 0 Å². The number of alkyl halides is 1. The first-order valence-corrected chi connectivity index (χ1v) is 8.47. The number of ether oxygens (including phenoxy) is 1. The van der Waals surface area contributed by atoms with Crippen LogP contribution in [0, 0.1) is 18.6 Å². The molecule has 0 amide bonds. The molecule has 0 aliphatic heterocycles. The lowest BCUT2D eigenvalue weighted by molar-refractivity contribution is 0.298. The van der Waals surface area contributed by atoms with Crippen molar-refractivity contribution in [3.05, 3.63) is 93.4 Å². The molecular weight excluding hydrogens is 360 g/mol. The van der Waals surface area contributed by atoms with Gasteiger partial charge in [0.2, 0.25) is 0 Å². The molecule has 0 atom stereocenters. The van der Waals surface area contributed by atoms with E-state index in [9.17, 15) is 13.6 Å². The van der Waals surface area contributed by atoms with E-state index in [-0.39, 0.29) is 17.7 Å². The van der Waals surface area contributed by atoms with E-state index in [0.29, 0.717) is 23.0 Å². The minimum Gasteiger partial charge on any atom is -0.489 e. The lowest BCUT2D eigenvalue weighted by Crippen LogP contribution is -2.20. The molecule has 0 spiro atoms. The maximum atomic E-state index is 13.7. The summed E-state index contributed by atoms with van der Waals surface area (Å²) < 4.78 is 33.7. The first-order valence-electron chi connectivity index (χ1n) is 7.93. The Labute approximate surface area is 154 Å². The SMILES string of the molecule is Cc1cc(OCc2ccc(F)cc2F)cc(=O)n1-c1cccc(CCl)c1. The lowest BCUT2D eigenvalue weighted by Gasteiger charge is -2.13. The number of aromatic nitrogens is 1. The van der Waals surface area contributed by atoms with Gasteiger partial charge in [-0.1, -0.05) is 12.1 Å². The maximum absolute atomic E-state index is 13.7. The number of aryl methyl sites for hydroxylation is 1. The molecule has 1 aromatic heterocycles. The minimum atomic E-state index is -0.687. The molecule has 0 unspecified atom stereocenters. The second-order valence-corrected chi connectivity index (χ2v) is 6.10. The summed E-state index contributed by atoms with van der Waals surface area (Å²) >= 11 is 5.85. The van der Waals surface area contributed by atoms with Crippen molar-refractivity contribution in [2.45, 2.75) is 19.4 Å². The Bertz CT molecular complexity index is 1000. The number of hydrogen-bond acceptors (Lipinski definition) is 2. The topological polar surface area (TPSA) is 31.2 Å². The summed E-state index contributed by atoms with van der Waals surface area (Å²) in [5.41, 5.74) is 2.22. The van der Waals surface area contributed by atoms with E-state index in [4.69, 9.17) is 16.3 Å². The molecule has 134 valence electrons. The van der Waals surface area contributed by atoms with E-state index < -0.39 is 11.6 Å². The Hall–Kier alpha value is -2.66. The van der Waals surface area contributed by atoms with Crippen LogP contribution < -0.4 is 10.3 Å². The summed E-state index contributed by atoms with van der Waals surface area (Å²) in [7, 11) is 0. The van der Waals surface area contributed by atoms with Crippen molar-refractivity contribution < 1.29 is 13.5 Å². The smallest absolute Gasteiger partial charge is 0.258 e. The van der Waals surface area contributed by atoms with Crippen LogP contribution in [0.1, 0.15) is 16.8 Å². The zero-order valence-corrected chi connectivity index (χ0v) is 14.8. The van der Waals surface area contributed by atoms with E-state index in [2.05, 4.69) is 0 Å². The molecule has 6 heteroatoms. The van der Waals surface area contributed by atoms with Crippen LogP contribution in [0.4, 0.5) is 8.78 Å². The zero-order valence-electron chi connectivity index (χ0n) is 14.0. The highest BCUT2D eigenvalue weighted by Gasteiger charge is 2.09. The van der Waals surface area contributed by atoms with E-state index in [1.165, 1.54) is 12.1 Å². The number of halogens is 3. The van der Waals surface area contributed by atoms with Crippen LogP contribution in [-0.2, 0) is 12.5 Å². The number of benzene rings is 2. The molecular formula is C20H16ClF2NO2. The molecule has 0 saturated carbocycles. The Morgan fingerprint density at radius 3 is 2.58 bits per heavy atom. The number of rotatable bonds is 5. The minimum absolute atomic E-state index is 0.100. The van der Waals surface area contributed by atoms with Gasteiger partial charge < -0.3 is 4.74 Å². The van der Waals surface area contributed by atoms with Gasteiger partial charge in [0.15, 0.2) is 0 Å². The molecule has 0 saturated heterocycles. The van der Waals surface area contributed by atoms with Gasteiger partial charge in [0.1, 0.15) is 24.0 Å². The van der Waals surface area contributed by atoms with Gasteiger partial charge in [0, 0.05) is 41.0 Å². The molecule has 0 N–H and O–H groups in total. The van der Waals surface area contributed by atoms with Gasteiger partial charge in [0.05, 0.1) is 0 Å². The molecule has 26 heavy (non-hydrogen) atoms. The molecule has 3 nitrogen and oxygen atoms in total. The molecule has 0 fully saturated rings. The Balaban J connectivity index is 1.86. The van der Waals surface area contributed by atoms with Gasteiger partial charge in [0.25, 0.3) is 5.56 Å². The summed E-state index contributed by atoms with van der Waals surface area (Å²) in [4.78, 5) is 12.5. The average molecular weight is 376 g/mol. The molecule has 3 aromatic rings. The molecule has 0 aliphatic rings. The number of hydrogen-bond donors (Lipinski definition) is 0. The summed E-state index contributed by atoms with van der Waals surface area (Å²) in [6.45, 7) is 1.68. The van der Waals surface area contributed by atoms with Crippen LogP contribution in [-0.4, -0.2) is 4.57 Å².